The molecule has 0 radical (unpaired) electrons. The summed E-state index contributed by atoms with van der Waals surface area (Å²) >= 11 is 0. The first kappa shape index (κ1) is 11.8. The van der Waals surface area contributed by atoms with Crippen LogP contribution in [0.1, 0.15) is 0 Å². The molecule has 0 nitrogen and oxygen atoms in total. The molecule has 0 aliphatic rings. The third kappa shape index (κ3) is 69.3. The van der Waals surface area contributed by atoms with Crippen molar-refractivity contribution in [2.75, 3.05) is 0 Å². The summed E-state index contributed by atoms with van der Waals surface area (Å²) in [6.07, 6.45) is 0. The second kappa shape index (κ2) is 2.77. The van der Waals surface area contributed by atoms with Crippen molar-refractivity contribution in [1.82, 2.24) is 0 Å². The summed E-state index contributed by atoms with van der Waals surface area (Å²) in [7, 11) is 8.92. The molecule has 0 amide bonds. The van der Waals surface area contributed by atoms with E-state index in [0.717, 1.165) is 0 Å². The van der Waals surface area contributed by atoms with Gasteiger partial charge in [-0.05, 0) is 0 Å². The van der Waals surface area contributed by atoms with Gasteiger partial charge in [-0.15, -0.1) is 0 Å². The van der Waals surface area contributed by atoms with Crippen LogP contribution in [0.2, 0.25) is 17.1 Å². The van der Waals surface area contributed by atoms with Crippen LogP contribution in [0.15, 0.2) is 0 Å². The minimum absolute atomic E-state index is 0. The van der Waals surface area contributed by atoms with Crippen molar-refractivity contribution in [2.24, 2.45) is 0 Å². The van der Waals surface area contributed by atoms with E-state index < -0.39 is 10.6 Å². The average Bonchev–Trinajstić information content (AvgIpc) is 0.650. The van der Waals surface area contributed by atoms with E-state index in [2.05, 4.69) is 0 Å². The molecule has 42 valence electrons. The van der Waals surface area contributed by atoms with E-state index in [4.69, 9.17) is 19.9 Å². The topological polar surface area (TPSA) is 0 Å². The van der Waals surface area contributed by atoms with Crippen LogP contribution in [0, 0.1) is 0 Å². The molecule has 0 saturated heterocycles. The van der Waals surface area contributed by atoms with E-state index in [1.54, 1.807) is 0 Å². The Kier molecular flexibility index (Phi) is 4.68. The molecule has 0 aromatic heterocycles. The zero-order valence-corrected chi connectivity index (χ0v) is 13.8. The van der Waals surface area contributed by atoms with E-state index >= 15 is 0 Å². The minimum Gasteiger partial charge on any atom is 0 e. The largest absolute Gasteiger partial charge is 0 e. The summed E-state index contributed by atoms with van der Waals surface area (Å²) in [5, 5.41) is 0. The number of hydrogen-bond donors (Lipinski definition) is 0. The molecule has 0 atom stereocenters. The second-order valence-corrected chi connectivity index (χ2v) is 25.8. The Hall–Kier alpha value is 2.07. The summed E-state index contributed by atoms with van der Waals surface area (Å²) in [4.78, 5) is 0. The van der Waals surface area contributed by atoms with E-state index in [9.17, 15) is 0 Å². The Bertz CT molecular complexity index is 46.1. The van der Waals surface area contributed by atoms with E-state index in [0.29, 0.717) is 0 Å². The molecular weight excluding hydrogens is 382 g/mol. The number of halogens is 2. The molecule has 0 unspecified atom stereocenters. The summed E-state index contributed by atoms with van der Waals surface area (Å²) in [6, 6.07) is 0. The zero-order valence-electron chi connectivity index (χ0n) is 4.91. The van der Waals surface area contributed by atoms with Crippen LogP contribution >= 0.6 is 19.9 Å². The third-order valence-electron chi connectivity index (χ3n) is 0. The van der Waals surface area contributed by atoms with Crippen LogP contribution in [0.4, 0.5) is 0 Å². The summed E-state index contributed by atoms with van der Waals surface area (Å²) < 4.78 is 0. The van der Waals surface area contributed by atoms with Gasteiger partial charge < -0.3 is 0 Å². The summed E-state index contributed by atoms with van der Waals surface area (Å²) in [6.45, 7) is 0. The Morgan fingerprint density at radius 1 is 1.00 bits per heavy atom. The fraction of sp³-hybridized carbons (Fsp3) is 1.00. The molecule has 4 heteroatoms. The predicted molar refractivity (Wildman–Crippen MR) is 35.1 cm³/mol. The van der Waals surface area contributed by atoms with Gasteiger partial charge in [0.05, 0.1) is 0 Å². The van der Waals surface area contributed by atoms with E-state index in [1.165, 1.54) is 0 Å². The van der Waals surface area contributed by atoms with Crippen molar-refractivity contribution in [1.29, 1.82) is 0 Å². The quantitative estimate of drug-likeness (QED) is 0.557. The predicted octanol–water partition coefficient (Wildman–Crippen LogP) is 2.75. The molecule has 0 aliphatic heterocycles. The summed E-state index contributed by atoms with van der Waals surface area (Å²) in [5.74, 6) is 0. The van der Waals surface area contributed by atoms with Crippen LogP contribution in [-0.2, 0) is 27.7 Å². The number of hydrogen-bond acceptors (Lipinski definition) is 0. The van der Waals surface area contributed by atoms with Gasteiger partial charge in [-0.1, -0.05) is 0 Å². The molecule has 0 rings (SSSR count). The molecule has 0 aliphatic carbocycles. The first-order valence-electron chi connectivity index (χ1n) is 1.68. The Labute approximate surface area is 74.4 Å². The Balaban J connectivity index is 0. The first-order chi connectivity index (χ1) is 2.24. The van der Waals surface area contributed by atoms with Gasteiger partial charge in [-0.2, -0.15) is 0 Å². The number of rotatable bonds is 0. The normalized spacial score (nSPS) is 16.4. The Morgan fingerprint density at radius 3 is 1.00 bits per heavy atom. The first-order valence-corrected chi connectivity index (χ1v) is 12.2. The van der Waals surface area contributed by atoms with Gasteiger partial charge in [-0.25, -0.2) is 0 Å². The molecule has 7 heavy (non-hydrogen) atoms. The molecule has 0 saturated carbocycles. The zero-order chi connectivity index (χ0) is 5.45. The van der Waals surface area contributed by atoms with Gasteiger partial charge >= 0.3 is 47.6 Å². The van der Waals surface area contributed by atoms with E-state index in [1.807, 2.05) is 17.1 Å². The van der Waals surface area contributed by atoms with Gasteiger partial charge in [-0.3, -0.25) is 0 Å². The summed E-state index contributed by atoms with van der Waals surface area (Å²) in [5.41, 5.74) is 5.76. The second-order valence-electron chi connectivity index (χ2n) is 2.42. The fourth-order valence-corrected chi connectivity index (χ4v) is 0. The van der Waals surface area contributed by atoms with Crippen molar-refractivity contribution in [2.45, 2.75) is 17.1 Å². The molecule has 0 N–H and O–H groups in total. The maximum Gasteiger partial charge on any atom is 0 e. The van der Waals surface area contributed by atoms with Crippen molar-refractivity contribution < 1.29 is 27.7 Å². The Morgan fingerprint density at radius 2 is 1.00 bits per heavy atom. The van der Waals surface area contributed by atoms with Crippen molar-refractivity contribution in [3.63, 3.8) is 0 Å². The van der Waals surface area contributed by atoms with Crippen molar-refractivity contribution in [3.05, 3.63) is 0 Å². The van der Waals surface area contributed by atoms with Gasteiger partial charge in [0.15, 0.2) is 0 Å². The van der Waals surface area contributed by atoms with Crippen LogP contribution < -0.4 is 0 Å². The fourth-order valence-electron chi connectivity index (χ4n) is 0. The standard InChI is InChI=1S/C3H9AsCl2.Hg/c1-4(2,3,5)6;/h1-3H3;. The van der Waals surface area contributed by atoms with Crippen molar-refractivity contribution in [3.8, 4) is 0 Å². The molecule has 0 bridgehead atoms. The molecule has 0 heterocycles. The average molecular weight is 392 g/mol. The maximum absolute atomic E-state index is 5.73. The SMILES string of the molecule is C[As](C)(C)(Cl)Cl.[Hg]. The van der Waals surface area contributed by atoms with Gasteiger partial charge in [0, 0.05) is 27.7 Å². The maximum atomic E-state index is 5.73. The molecule has 0 fully saturated rings. The van der Waals surface area contributed by atoms with Crippen LogP contribution in [0.3, 0.4) is 0 Å². The smallest absolute Gasteiger partial charge is 0 e. The molecule has 0 spiro atoms. The minimum atomic E-state index is -2.54. The monoisotopic (exact) mass is 392 g/mol. The van der Waals surface area contributed by atoms with Crippen LogP contribution in [0.5, 0.6) is 0 Å². The molecule has 0 aromatic rings. The van der Waals surface area contributed by atoms with Crippen LogP contribution in [-0.4, -0.2) is 10.6 Å². The molecule has 0 aromatic carbocycles. The third-order valence-corrected chi connectivity index (χ3v) is 0. The van der Waals surface area contributed by atoms with E-state index in [-0.39, 0.29) is 27.7 Å². The van der Waals surface area contributed by atoms with Gasteiger partial charge in [0.1, 0.15) is 0 Å². The molecular formula is C3H9AsCl2Hg. The van der Waals surface area contributed by atoms with Gasteiger partial charge in [0.2, 0.25) is 0 Å². The van der Waals surface area contributed by atoms with Crippen molar-refractivity contribution >= 4 is 30.5 Å². The van der Waals surface area contributed by atoms with Crippen LogP contribution in [0.25, 0.3) is 0 Å². The van der Waals surface area contributed by atoms with Gasteiger partial charge in [0.25, 0.3) is 0 Å².